The average Bonchev–Trinajstić information content (AvgIpc) is 3.06. The number of nitrogens with one attached hydrogen (secondary N) is 1. The van der Waals surface area contributed by atoms with Crippen molar-refractivity contribution >= 4 is 16.9 Å². The van der Waals surface area contributed by atoms with Gasteiger partial charge >= 0.3 is 0 Å². The molecule has 0 aliphatic heterocycles. The number of phenolic OH excluding ortho intramolecular Hbond substituents is 1. The Morgan fingerprint density at radius 1 is 1.04 bits per heavy atom. The van der Waals surface area contributed by atoms with Gasteiger partial charge in [0.25, 0.3) is 0 Å². The van der Waals surface area contributed by atoms with E-state index in [1.54, 1.807) is 25.6 Å². The Balaban J connectivity index is 1.69. The monoisotopic (exact) mass is 374 g/mol. The summed E-state index contributed by atoms with van der Waals surface area (Å²) in [6.07, 6.45) is 1.58. The number of aromatic hydroxyl groups is 1. The summed E-state index contributed by atoms with van der Waals surface area (Å²) >= 11 is 0. The third-order valence-electron chi connectivity index (χ3n) is 4.96. The largest absolute Gasteiger partial charge is 0.508 e. The zero-order chi connectivity index (χ0) is 19.7. The fourth-order valence-corrected chi connectivity index (χ4v) is 3.34. The Kier molecular flexibility index (Phi) is 4.61. The molecule has 4 aromatic rings. The van der Waals surface area contributed by atoms with Gasteiger partial charge in [0, 0.05) is 13.1 Å². The van der Waals surface area contributed by atoms with E-state index in [2.05, 4.69) is 28.3 Å². The Hall–Kier alpha value is -3.54. The van der Waals surface area contributed by atoms with Gasteiger partial charge in [-0.1, -0.05) is 12.1 Å². The van der Waals surface area contributed by atoms with Crippen LogP contribution in [0.2, 0.25) is 0 Å². The number of nitrogens with zero attached hydrogens (tertiary/aromatic N) is 3. The van der Waals surface area contributed by atoms with Gasteiger partial charge in [0.15, 0.2) is 0 Å². The molecular weight excluding hydrogens is 352 g/mol. The lowest BCUT2D eigenvalue weighted by Gasteiger charge is -2.15. The van der Waals surface area contributed by atoms with Crippen LogP contribution in [0.15, 0.2) is 60.9 Å². The van der Waals surface area contributed by atoms with Gasteiger partial charge in [-0.2, -0.15) is 0 Å². The first kappa shape index (κ1) is 17.9. The number of benzene rings is 2. The predicted molar refractivity (Wildman–Crippen MR) is 111 cm³/mol. The highest BCUT2D eigenvalue weighted by atomic mass is 16.5. The molecule has 142 valence electrons. The summed E-state index contributed by atoms with van der Waals surface area (Å²) in [6, 6.07) is 17.3. The first-order valence-electron chi connectivity index (χ1n) is 9.07. The zero-order valence-corrected chi connectivity index (χ0v) is 16.0. The standard InChI is InChI=1S/C22H22N4O2/c1-14(15-6-10-18(28-3)11-7-15)25-21-19-12-20(16-4-8-17(27)9-5-16)26(2)22(19)24-13-23-21/h4-14,27H,1-3H3,(H,23,24,25)/t14-/m1/s1. The SMILES string of the molecule is COc1ccc([C@@H](C)Nc2ncnc3c2cc(-c2ccc(O)cc2)n3C)cc1. The molecule has 0 radical (unpaired) electrons. The van der Waals surface area contributed by atoms with Crippen LogP contribution in [-0.4, -0.2) is 26.8 Å². The molecule has 6 nitrogen and oxygen atoms in total. The molecule has 0 aliphatic carbocycles. The van der Waals surface area contributed by atoms with E-state index in [0.717, 1.165) is 39.4 Å². The first-order valence-corrected chi connectivity index (χ1v) is 9.07. The maximum atomic E-state index is 9.55. The average molecular weight is 374 g/mol. The number of aromatic nitrogens is 3. The number of hydrogen-bond donors (Lipinski definition) is 2. The van der Waals surface area contributed by atoms with Crippen molar-refractivity contribution in [2.45, 2.75) is 13.0 Å². The Morgan fingerprint density at radius 3 is 2.43 bits per heavy atom. The van der Waals surface area contributed by atoms with Gasteiger partial charge in [0.2, 0.25) is 0 Å². The van der Waals surface area contributed by atoms with Crippen molar-refractivity contribution in [2.24, 2.45) is 7.05 Å². The van der Waals surface area contributed by atoms with Gasteiger partial charge in [0.1, 0.15) is 29.3 Å². The highest BCUT2D eigenvalue weighted by Gasteiger charge is 2.15. The third kappa shape index (κ3) is 3.24. The summed E-state index contributed by atoms with van der Waals surface area (Å²) in [6.45, 7) is 2.10. The summed E-state index contributed by atoms with van der Waals surface area (Å²) in [5.41, 5.74) is 4.01. The van der Waals surface area contributed by atoms with Gasteiger partial charge in [-0.25, -0.2) is 9.97 Å². The molecule has 2 N–H and O–H groups in total. The number of fused-ring (bicyclic) bond motifs is 1. The van der Waals surface area contributed by atoms with Gasteiger partial charge in [0.05, 0.1) is 18.2 Å². The van der Waals surface area contributed by atoms with E-state index in [1.807, 2.05) is 48.0 Å². The maximum Gasteiger partial charge on any atom is 0.145 e. The van der Waals surface area contributed by atoms with Crippen LogP contribution in [0.5, 0.6) is 11.5 Å². The lowest BCUT2D eigenvalue weighted by molar-refractivity contribution is 0.414. The van der Waals surface area contributed by atoms with E-state index >= 15 is 0 Å². The second-order valence-corrected chi connectivity index (χ2v) is 6.73. The highest BCUT2D eigenvalue weighted by molar-refractivity contribution is 5.92. The van der Waals surface area contributed by atoms with Crippen LogP contribution < -0.4 is 10.1 Å². The molecule has 2 aromatic heterocycles. The molecule has 0 unspecified atom stereocenters. The number of aryl methyl sites for hydroxylation is 1. The number of methoxy groups -OCH3 is 1. The third-order valence-corrected chi connectivity index (χ3v) is 4.96. The second-order valence-electron chi connectivity index (χ2n) is 6.73. The predicted octanol–water partition coefficient (Wildman–Crippen LogP) is 4.52. The Labute approximate surface area is 163 Å². The van der Waals surface area contributed by atoms with E-state index in [4.69, 9.17) is 4.74 Å². The van der Waals surface area contributed by atoms with Crippen molar-refractivity contribution in [3.8, 4) is 22.8 Å². The summed E-state index contributed by atoms with van der Waals surface area (Å²) in [5.74, 6) is 1.87. The Morgan fingerprint density at radius 2 is 1.75 bits per heavy atom. The second kappa shape index (κ2) is 7.23. The molecule has 0 saturated carbocycles. The minimum Gasteiger partial charge on any atom is -0.508 e. The van der Waals surface area contributed by atoms with Gasteiger partial charge < -0.3 is 19.7 Å². The van der Waals surface area contributed by atoms with E-state index < -0.39 is 0 Å². The molecular formula is C22H22N4O2. The fourth-order valence-electron chi connectivity index (χ4n) is 3.34. The lowest BCUT2D eigenvalue weighted by atomic mass is 10.1. The summed E-state index contributed by atoms with van der Waals surface area (Å²) in [5, 5.41) is 14.0. The van der Waals surface area contributed by atoms with Crippen molar-refractivity contribution in [2.75, 3.05) is 12.4 Å². The molecule has 0 fully saturated rings. The number of phenols is 1. The van der Waals surface area contributed by atoms with Crippen LogP contribution >= 0.6 is 0 Å². The number of hydrogen-bond acceptors (Lipinski definition) is 5. The molecule has 4 rings (SSSR count). The van der Waals surface area contributed by atoms with Crippen molar-refractivity contribution in [1.29, 1.82) is 0 Å². The molecule has 2 heterocycles. The van der Waals surface area contributed by atoms with E-state index in [1.165, 1.54) is 0 Å². The van der Waals surface area contributed by atoms with Crippen molar-refractivity contribution in [3.05, 3.63) is 66.5 Å². The van der Waals surface area contributed by atoms with E-state index in [-0.39, 0.29) is 11.8 Å². The molecule has 1 atom stereocenters. The van der Waals surface area contributed by atoms with Crippen LogP contribution in [0.1, 0.15) is 18.5 Å². The fraction of sp³-hybridized carbons (Fsp3) is 0.182. The molecule has 0 aliphatic rings. The summed E-state index contributed by atoms with van der Waals surface area (Å²) in [4.78, 5) is 8.92. The molecule has 0 spiro atoms. The van der Waals surface area contributed by atoms with Gasteiger partial charge in [-0.05, 0) is 60.5 Å². The highest BCUT2D eigenvalue weighted by Crippen LogP contribution is 2.31. The molecule has 6 heteroatoms. The topological polar surface area (TPSA) is 72.2 Å². The number of anilines is 1. The minimum absolute atomic E-state index is 0.0707. The quantitative estimate of drug-likeness (QED) is 0.537. The summed E-state index contributed by atoms with van der Waals surface area (Å²) < 4.78 is 7.27. The van der Waals surface area contributed by atoms with Gasteiger partial charge in [-0.3, -0.25) is 0 Å². The van der Waals surface area contributed by atoms with E-state index in [0.29, 0.717) is 0 Å². The van der Waals surface area contributed by atoms with Crippen LogP contribution in [0, 0.1) is 0 Å². The van der Waals surface area contributed by atoms with Crippen LogP contribution in [-0.2, 0) is 7.05 Å². The van der Waals surface area contributed by atoms with Crippen molar-refractivity contribution in [3.63, 3.8) is 0 Å². The number of ether oxygens (including phenoxy) is 1. The Bertz CT molecular complexity index is 1100. The normalized spacial score (nSPS) is 12.1. The molecule has 0 amide bonds. The van der Waals surface area contributed by atoms with Crippen molar-refractivity contribution < 1.29 is 9.84 Å². The smallest absolute Gasteiger partial charge is 0.145 e. The molecule has 0 bridgehead atoms. The van der Waals surface area contributed by atoms with E-state index in [9.17, 15) is 5.11 Å². The maximum absolute atomic E-state index is 9.55. The molecule has 28 heavy (non-hydrogen) atoms. The summed E-state index contributed by atoms with van der Waals surface area (Å²) in [7, 11) is 3.64. The lowest BCUT2D eigenvalue weighted by Crippen LogP contribution is -2.08. The van der Waals surface area contributed by atoms with Crippen LogP contribution in [0.3, 0.4) is 0 Å². The molecule has 0 saturated heterocycles. The minimum atomic E-state index is 0.0707. The molecule has 2 aromatic carbocycles. The van der Waals surface area contributed by atoms with Crippen LogP contribution in [0.4, 0.5) is 5.82 Å². The zero-order valence-electron chi connectivity index (χ0n) is 16.0. The van der Waals surface area contributed by atoms with Gasteiger partial charge in [-0.15, -0.1) is 0 Å². The van der Waals surface area contributed by atoms with Crippen molar-refractivity contribution in [1.82, 2.24) is 14.5 Å². The van der Waals surface area contributed by atoms with Crippen LogP contribution in [0.25, 0.3) is 22.3 Å². The number of rotatable bonds is 5. The first-order chi connectivity index (χ1) is 13.6.